The molecular formula is C15H14O3S. The van der Waals surface area contributed by atoms with Crippen LogP contribution in [0.15, 0.2) is 36.4 Å². The maximum absolute atomic E-state index is 11.7. The van der Waals surface area contributed by atoms with Gasteiger partial charge >= 0.3 is 5.97 Å². The van der Waals surface area contributed by atoms with Crippen LogP contribution in [0.2, 0.25) is 0 Å². The molecule has 0 aliphatic carbocycles. The fraction of sp³-hybridized carbons (Fsp3) is 0.200. The Morgan fingerprint density at radius 3 is 2.68 bits per heavy atom. The molecule has 0 atom stereocenters. The number of carbonyl (C=O) groups excluding carboxylic acids is 2. The van der Waals surface area contributed by atoms with Gasteiger partial charge in [0.1, 0.15) is 6.61 Å². The lowest BCUT2D eigenvalue weighted by molar-refractivity contribution is -0.144. The topological polar surface area (TPSA) is 43.4 Å². The van der Waals surface area contributed by atoms with E-state index in [0.717, 1.165) is 22.3 Å². The molecule has 0 unspecified atom stereocenters. The van der Waals surface area contributed by atoms with Crippen molar-refractivity contribution < 1.29 is 14.3 Å². The van der Waals surface area contributed by atoms with Crippen LogP contribution in [0.4, 0.5) is 0 Å². The highest BCUT2D eigenvalue weighted by atomic mass is 32.1. The van der Waals surface area contributed by atoms with Crippen molar-refractivity contribution in [3.05, 3.63) is 57.3 Å². The number of aryl methyl sites for hydroxylation is 1. The molecule has 1 aromatic carbocycles. The summed E-state index contributed by atoms with van der Waals surface area (Å²) in [6.07, 6.45) is 1.01. The van der Waals surface area contributed by atoms with Gasteiger partial charge in [-0.15, -0.1) is 11.3 Å². The predicted molar refractivity (Wildman–Crippen MR) is 74.4 cm³/mol. The van der Waals surface area contributed by atoms with E-state index in [1.165, 1.54) is 11.3 Å². The number of hydrogen-bond acceptors (Lipinski definition) is 4. The Balaban J connectivity index is 1.90. The fourth-order valence-electron chi connectivity index (χ4n) is 1.72. The number of esters is 1. The van der Waals surface area contributed by atoms with Gasteiger partial charge in [0.2, 0.25) is 0 Å². The quantitative estimate of drug-likeness (QED) is 0.621. The van der Waals surface area contributed by atoms with Crippen molar-refractivity contribution in [2.45, 2.75) is 20.0 Å². The number of carbonyl (C=O) groups is 2. The first-order valence-corrected chi connectivity index (χ1v) is 6.74. The van der Waals surface area contributed by atoms with Crippen molar-refractivity contribution in [1.29, 1.82) is 0 Å². The van der Waals surface area contributed by atoms with E-state index in [4.69, 9.17) is 4.74 Å². The Morgan fingerprint density at radius 2 is 2.05 bits per heavy atom. The average Bonchev–Trinajstić information content (AvgIpc) is 2.78. The summed E-state index contributed by atoms with van der Waals surface area (Å²) in [6.45, 7) is 2.18. The van der Waals surface area contributed by atoms with Gasteiger partial charge in [0.15, 0.2) is 6.29 Å². The normalized spacial score (nSPS) is 10.2. The van der Waals surface area contributed by atoms with E-state index >= 15 is 0 Å². The second-order valence-electron chi connectivity index (χ2n) is 4.17. The van der Waals surface area contributed by atoms with E-state index in [1.807, 2.05) is 37.3 Å². The van der Waals surface area contributed by atoms with E-state index < -0.39 is 0 Å². The van der Waals surface area contributed by atoms with Crippen LogP contribution in [-0.2, 0) is 22.6 Å². The maximum Gasteiger partial charge on any atom is 0.310 e. The monoisotopic (exact) mass is 274 g/mol. The lowest BCUT2D eigenvalue weighted by atomic mass is 10.2. The number of thiophene rings is 1. The van der Waals surface area contributed by atoms with Crippen LogP contribution >= 0.6 is 11.3 Å². The van der Waals surface area contributed by atoms with E-state index in [1.54, 1.807) is 6.07 Å². The molecule has 0 aliphatic heterocycles. The zero-order chi connectivity index (χ0) is 13.7. The van der Waals surface area contributed by atoms with Crippen LogP contribution in [0, 0.1) is 6.92 Å². The third-order valence-electron chi connectivity index (χ3n) is 2.73. The highest BCUT2D eigenvalue weighted by molar-refractivity contribution is 7.13. The molecule has 4 heteroatoms. The second kappa shape index (κ2) is 6.29. The van der Waals surface area contributed by atoms with Crippen LogP contribution in [0.5, 0.6) is 0 Å². The number of hydrogen-bond donors (Lipinski definition) is 0. The van der Waals surface area contributed by atoms with Gasteiger partial charge in [0.25, 0.3) is 0 Å². The molecule has 98 valence electrons. The molecule has 2 rings (SSSR count). The molecule has 0 fully saturated rings. The lowest BCUT2D eigenvalue weighted by Gasteiger charge is -2.04. The summed E-state index contributed by atoms with van der Waals surface area (Å²) >= 11 is 1.39. The van der Waals surface area contributed by atoms with Crippen LogP contribution in [0.25, 0.3) is 0 Å². The van der Waals surface area contributed by atoms with Gasteiger partial charge < -0.3 is 4.74 Å². The summed E-state index contributed by atoms with van der Waals surface area (Å²) in [6, 6.07) is 11.3. The third-order valence-corrected chi connectivity index (χ3v) is 3.75. The molecule has 19 heavy (non-hydrogen) atoms. The lowest BCUT2D eigenvalue weighted by Crippen LogP contribution is -2.08. The Morgan fingerprint density at radius 1 is 1.32 bits per heavy atom. The van der Waals surface area contributed by atoms with Gasteiger partial charge in [-0.3, -0.25) is 9.59 Å². The summed E-state index contributed by atoms with van der Waals surface area (Å²) in [5.74, 6) is -0.276. The number of benzene rings is 1. The van der Waals surface area contributed by atoms with Crippen LogP contribution in [0.1, 0.15) is 25.7 Å². The highest BCUT2D eigenvalue weighted by Crippen LogP contribution is 2.20. The summed E-state index contributed by atoms with van der Waals surface area (Å²) in [7, 11) is 0. The van der Waals surface area contributed by atoms with Gasteiger partial charge in [0.05, 0.1) is 11.3 Å². The average molecular weight is 274 g/mol. The minimum Gasteiger partial charge on any atom is -0.461 e. The molecule has 0 bridgehead atoms. The van der Waals surface area contributed by atoms with Gasteiger partial charge in [-0.25, -0.2) is 0 Å². The largest absolute Gasteiger partial charge is 0.461 e. The number of aldehydes is 1. The second-order valence-corrected chi connectivity index (χ2v) is 5.46. The van der Waals surface area contributed by atoms with Crippen LogP contribution < -0.4 is 0 Å². The van der Waals surface area contributed by atoms with Crippen molar-refractivity contribution in [1.82, 2.24) is 0 Å². The molecule has 0 N–H and O–H groups in total. The summed E-state index contributed by atoms with van der Waals surface area (Å²) in [5, 5.41) is 0. The number of rotatable bonds is 5. The molecule has 0 saturated heterocycles. The Labute approximate surface area is 115 Å². The van der Waals surface area contributed by atoms with Crippen molar-refractivity contribution >= 4 is 23.6 Å². The fourth-order valence-corrected chi connectivity index (χ4v) is 2.59. The van der Waals surface area contributed by atoms with E-state index in [-0.39, 0.29) is 19.0 Å². The van der Waals surface area contributed by atoms with Crippen molar-refractivity contribution in [3.63, 3.8) is 0 Å². The molecule has 0 saturated carbocycles. The molecule has 0 amide bonds. The van der Waals surface area contributed by atoms with Crippen molar-refractivity contribution in [2.75, 3.05) is 0 Å². The summed E-state index contributed by atoms with van der Waals surface area (Å²) in [4.78, 5) is 24.0. The molecule has 0 spiro atoms. The molecule has 2 aromatic rings. The Kier molecular flexibility index (Phi) is 4.47. The zero-order valence-corrected chi connectivity index (χ0v) is 11.4. The van der Waals surface area contributed by atoms with Crippen LogP contribution in [-0.4, -0.2) is 12.3 Å². The van der Waals surface area contributed by atoms with Gasteiger partial charge in [-0.05, 0) is 24.1 Å². The highest BCUT2D eigenvalue weighted by Gasteiger charge is 2.11. The first-order valence-electron chi connectivity index (χ1n) is 5.93. The van der Waals surface area contributed by atoms with E-state index in [9.17, 15) is 9.59 Å². The Hall–Kier alpha value is -1.94. The summed E-state index contributed by atoms with van der Waals surface area (Å²) < 4.78 is 5.21. The molecule has 0 radical (unpaired) electrons. The van der Waals surface area contributed by atoms with Crippen molar-refractivity contribution in [2.24, 2.45) is 0 Å². The smallest absolute Gasteiger partial charge is 0.310 e. The first-order chi connectivity index (χ1) is 9.19. The van der Waals surface area contributed by atoms with Crippen LogP contribution in [0.3, 0.4) is 0 Å². The third kappa shape index (κ3) is 3.76. The van der Waals surface area contributed by atoms with E-state index in [0.29, 0.717) is 4.88 Å². The molecular weight excluding hydrogens is 260 g/mol. The SMILES string of the molecule is Cc1sc(C=O)cc1CC(=O)OCc1ccccc1. The van der Waals surface area contributed by atoms with E-state index in [2.05, 4.69) is 0 Å². The minimum absolute atomic E-state index is 0.211. The maximum atomic E-state index is 11.7. The number of ether oxygens (including phenoxy) is 1. The predicted octanol–water partition coefficient (Wildman–Crippen LogP) is 3.15. The summed E-state index contributed by atoms with van der Waals surface area (Å²) in [5.41, 5.74) is 1.83. The molecule has 1 aromatic heterocycles. The van der Waals surface area contributed by atoms with Gasteiger partial charge in [-0.1, -0.05) is 30.3 Å². The Bertz CT molecular complexity index is 572. The van der Waals surface area contributed by atoms with Gasteiger partial charge in [0, 0.05) is 4.88 Å². The standard InChI is InChI=1S/C15H14O3S/c1-11-13(7-14(9-16)19-11)8-15(17)18-10-12-5-3-2-4-6-12/h2-7,9H,8,10H2,1H3. The molecule has 3 nitrogen and oxygen atoms in total. The molecule has 0 aliphatic rings. The van der Waals surface area contributed by atoms with Gasteiger partial charge in [-0.2, -0.15) is 0 Å². The minimum atomic E-state index is -0.276. The molecule has 1 heterocycles. The van der Waals surface area contributed by atoms with Crippen molar-refractivity contribution in [3.8, 4) is 0 Å². The first kappa shape index (κ1) is 13.5. The zero-order valence-electron chi connectivity index (χ0n) is 10.6.